The first-order valence-corrected chi connectivity index (χ1v) is 9.29. The molecule has 0 aliphatic heterocycles. The zero-order valence-corrected chi connectivity index (χ0v) is 16.2. The molecule has 1 amide bonds. The van der Waals surface area contributed by atoms with E-state index >= 15 is 0 Å². The van der Waals surface area contributed by atoms with Gasteiger partial charge < -0.3 is 15.1 Å². The van der Waals surface area contributed by atoms with Crippen LogP contribution in [0.15, 0.2) is 73.2 Å². The van der Waals surface area contributed by atoms with E-state index in [9.17, 15) is 4.79 Å². The van der Waals surface area contributed by atoms with Gasteiger partial charge in [0.05, 0.1) is 11.3 Å². The van der Waals surface area contributed by atoms with Gasteiger partial charge in [0.25, 0.3) is 5.91 Å². The molecule has 6 nitrogen and oxygen atoms in total. The first-order chi connectivity index (χ1) is 13.6. The maximum Gasteiger partial charge on any atom is 0.257 e. The van der Waals surface area contributed by atoms with Gasteiger partial charge in [-0.3, -0.25) is 9.78 Å². The van der Waals surface area contributed by atoms with Crippen molar-refractivity contribution in [2.24, 2.45) is 0 Å². The van der Waals surface area contributed by atoms with Crippen molar-refractivity contribution < 1.29 is 4.79 Å². The predicted molar refractivity (Wildman–Crippen MR) is 113 cm³/mol. The fraction of sp³-hybridized carbons (Fsp3) is 0.227. The van der Waals surface area contributed by atoms with Crippen molar-refractivity contribution in [2.75, 3.05) is 37.4 Å². The summed E-state index contributed by atoms with van der Waals surface area (Å²) >= 11 is 0. The molecular formula is C22H25N5O. The van der Waals surface area contributed by atoms with E-state index in [-0.39, 0.29) is 5.91 Å². The monoisotopic (exact) mass is 375 g/mol. The molecule has 2 aromatic heterocycles. The number of amides is 1. The fourth-order valence-corrected chi connectivity index (χ4v) is 2.91. The Morgan fingerprint density at radius 3 is 2.46 bits per heavy atom. The average molecular weight is 375 g/mol. The smallest absolute Gasteiger partial charge is 0.257 e. The Morgan fingerprint density at radius 2 is 1.75 bits per heavy atom. The third kappa shape index (κ3) is 5.14. The van der Waals surface area contributed by atoms with Crippen LogP contribution in [0, 0.1) is 0 Å². The second kappa shape index (κ2) is 9.62. The summed E-state index contributed by atoms with van der Waals surface area (Å²) in [5.74, 6) is 0.522. The molecule has 0 spiro atoms. The van der Waals surface area contributed by atoms with Crippen LogP contribution in [0.1, 0.15) is 16.8 Å². The summed E-state index contributed by atoms with van der Waals surface area (Å²) < 4.78 is 0. The van der Waals surface area contributed by atoms with E-state index in [1.54, 1.807) is 30.7 Å². The molecule has 0 radical (unpaired) electrons. The van der Waals surface area contributed by atoms with Crippen molar-refractivity contribution in [1.29, 1.82) is 0 Å². The van der Waals surface area contributed by atoms with E-state index in [1.807, 2.05) is 30.3 Å². The van der Waals surface area contributed by atoms with E-state index in [2.05, 4.69) is 51.3 Å². The largest absolute Gasteiger partial charge is 0.325 e. The van der Waals surface area contributed by atoms with Crippen LogP contribution in [-0.4, -0.2) is 48.0 Å². The molecule has 0 unspecified atom stereocenters. The summed E-state index contributed by atoms with van der Waals surface area (Å²) in [6, 6.07) is 17.3. The summed E-state index contributed by atoms with van der Waals surface area (Å²) in [6.45, 7) is 1.75. The molecule has 0 saturated carbocycles. The summed E-state index contributed by atoms with van der Waals surface area (Å²) in [7, 11) is 4.13. The van der Waals surface area contributed by atoms with Gasteiger partial charge in [-0.1, -0.05) is 18.2 Å². The summed E-state index contributed by atoms with van der Waals surface area (Å²) in [6.07, 6.45) is 5.91. The molecule has 2 heterocycles. The number of para-hydroxylation sites is 1. The lowest BCUT2D eigenvalue weighted by Gasteiger charge is -2.26. The number of nitrogens with zero attached hydrogens (tertiary/aromatic N) is 4. The third-order valence-corrected chi connectivity index (χ3v) is 4.27. The predicted octanol–water partition coefficient (Wildman–Crippen LogP) is 3.82. The Morgan fingerprint density at radius 1 is 0.964 bits per heavy atom. The summed E-state index contributed by atoms with van der Waals surface area (Å²) in [4.78, 5) is 25.5. The first-order valence-electron chi connectivity index (χ1n) is 9.29. The number of pyridine rings is 2. The molecule has 0 fully saturated rings. The Labute approximate surface area is 165 Å². The number of anilines is 3. The lowest BCUT2D eigenvalue weighted by molar-refractivity contribution is 0.102. The summed E-state index contributed by atoms with van der Waals surface area (Å²) in [5, 5.41) is 2.98. The second-order valence-electron chi connectivity index (χ2n) is 6.71. The van der Waals surface area contributed by atoms with Gasteiger partial charge in [0, 0.05) is 30.8 Å². The standard InChI is InChI=1S/C22H25N5O/c1-26(2)15-8-16-27(19-10-4-3-5-11-19)21-20(12-7-14-24-21)25-22(28)18-9-6-13-23-17-18/h3-7,9-14,17H,8,15-16H2,1-2H3,(H,25,28). The number of rotatable bonds is 8. The van der Waals surface area contributed by atoms with Gasteiger partial charge in [-0.05, 0) is 63.5 Å². The van der Waals surface area contributed by atoms with Crippen LogP contribution in [0.3, 0.4) is 0 Å². The van der Waals surface area contributed by atoms with Crippen molar-refractivity contribution in [1.82, 2.24) is 14.9 Å². The van der Waals surface area contributed by atoms with Crippen molar-refractivity contribution in [3.05, 3.63) is 78.8 Å². The minimum Gasteiger partial charge on any atom is -0.325 e. The van der Waals surface area contributed by atoms with Gasteiger partial charge in [-0.25, -0.2) is 4.98 Å². The van der Waals surface area contributed by atoms with Crippen molar-refractivity contribution in [2.45, 2.75) is 6.42 Å². The number of aromatic nitrogens is 2. The molecule has 28 heavy (non-hydrogen) atoms. The third-order valence-electron chi connectivity index (χ3n) is 4.27. The van der Waals surface area contributed by atoms with Crippen LogP contribution >= 0.6 is 0 Å². The molecule has 0 bridgehead atoms. The molecule has 0 atom stereocenters. The quantitative estimate of drug-likeness (QED) is 0.649. The molecular weight excluding hydrogens is 350 g/mol. The van der Waals surface area contributed by atoms with E-state index < -0.39 is 0 Å². The number of nitrogens with one attached hydrogen (secondary N) is 1. The minimum atomic E-state index is -0.205. The maximum atomic E-state index is 12.6. The highest BCUT2D eigenvalue weighted by molar-refractivity contribution is 6.05. The maximum absolute atomic E-state index is 12.6. The van der Waals surface area contributed by atoms with E-state index in [1.165, 1.54) is 0 Å². The van der Waals surface area contributed by atoms with E-state index in [0.717, 1.165) is 31.0 Å². The van der Waals surface area contributed by atoms with E-state index in [0.29, 0.717) is 11.3 Å². The normalized spacial score (nSPS) is 10.7. The van der Waals surface area contributed by atoms with Gasteiger partial charge >= 0.3 is 0 Å². The summed E-state index contributed by atoms with van der Waals surface area (Å²) in [5.41, 5.74) is 2.22. The lowest BCUT2D eigenvalue weighted by Crippen LogP contribution is -2.25. The highest BCUT2D eigenvalue weighted by Crippen LogP contribution is 2.30. The highest BCUT2D eigenvalue weighted by atomic mass is 16.1. The highest BCUT2D eigenvalue weighted by Gasteiger charge is 2.17. The van der Waals surface area contributed by atoms with Gasteiger partial charge in [0.1, 0.15) is 0 Å². The van der Waals surface area contributed by atoms with Crippen LogP contribution in [0.2, 0.25) is 0 Å². The van der Waals surface area contributed by atoms with Crippen molar-refractivity contribution in [3.8, 4) is 0 Å². The Bertz CT molecular complexity index is 884. The van der Waals surface area contributed by atoms with Gasteiger partial charge in [-0.2, -0.15) is 0 Å². The number of hydrogen-bond acceptors (Lipinski definition) is 5. The first kappa shape index (κ1) is 19.5. The molecule has 1 N–H and O–H groups in total. The van der Waals surface area contributed by atoms with Crippen molar-refractivity contribution >= 4 is 23.1 Å². The molecule has 1 aromatic carbocycles. The minimum absolute atomic E-state index is 0.205. The zero-order chi connectivity index (χ0) is 19.8. The molecule has 6 heteroatoms. The SMILES string of the molecule is CN(C)CCCN(c1ccccc1)c1ncccc1NC(=O)c1cccnc1. The van der Waals surface area contributed by atoms with Gasteiger partial charge in [-0.15, -0.1) is 0 Å². The van der Waals surface area contributed by atoms with Gasteiger partial charge in [0.15, 0.2) is 5.82 Å². The molecule has 3 aromatic rings. The van der Waals surface area contributed by atoms with Crippen LogP contribution in [0.4, 0.5) is 17.2 Å². The van der Waals surface area contributed by atoms with Crippen LogP contribution < -0.4 is 10.2 Å². The Hall–Kier alpha value is -3.25. The number of benzene rings is 1. The molecule has 3 rings (SSSR count). The average Bonchev–Trinajstić information content (AvgIpc) is 2.73. The molecule has 0 aliphatic rings. The van der Waals surface area contributed by atoms with Crippen LogP contribution in [-0.2, 0) is 0 Å². The Balaban J connectivity index is 1.88. The second-order valence-corrected chi connectivity index (χ2v) is 6.71. The van der Waals surface area contributed by atoms with Crippen LogP contribution in [0.5, 0.6) is 0 Å². The van der Waals surface area contributed by atoms with Crippen LogP contribution in [0.25, 0.3) is 0 Å². The van der Waals surface area contributed by atoms with Gasteiger partial charge in [0.2, 0.25) is 0 Å². The van der Waals surface area contributed by atoms with Crippen molar-refractivity contribution in [3.63, 3.8) is 0 Å². The lowest BCUT2D eigenvalue weighted by atomic mass is 10.2. The molecule has 0 saturated heterocycles. The fourth-order valence-electron chi connectivity index (χ4n) is 2.91. The zero-order valence-electron chi connectivity index (χ0n) is 16.2. The van der Waals surface area contributed by atoms with E-state index in [4.69, 9.17) is 0 Å². The number of hydrogen-bond donors (Lipinski definition) is 1. The number of carbonyl (C=O) groups excluding carboxylic acids is 1. The number of carbonyl (C=O) groups is 1. The molecule has 0 aliphatic carbocycles. The topological polar surface area (TPSA) is 61.4 Å². The molecule has 144 valence electrons. The Kier molecular flexibility index (Phi) is 6.70.